The zero-order valence-electron chi connectivity index (χ0n) is 15.5. The second-order valence-electron chi connectivity index (χ2n) is 5.98. The Bertz CT molecular complexity index is 1030. The molecule has 0 aliphatic rings. The molecule has 0 saturated heterocycles. The highest BCUT2D eigenvalue weighted by molar-refractivity contribution is 7.92. The molecule has 3 aromatic carbocycles. The van der Waals surface area contributed by atoms with Crippen LogP contribution in [0.4, 0.5) is 5.69 Å². The van der Waals surface area contributed by atoms with Crippen LogP contribution in [0.25, 0.3) is 0 Å². The minimum Gasteiger partial charge on any atom is -0.497 e. The third-order valence-corrected chi connectivity index (χ3v) is 6.31. The highest BCUT2D eigenvalue weighted by Crippen LogP contribution is 2.30. The topological polar surface area (TPSA) is 55.8 Å². The largest absolute Gasteiger partial charge is 0.497 e. The molecule has 28 heavy (non-hydrogen) atoms. The molecule has 0 N–H and O–H groups in total. The lowest BCUT2D eigenvalue weighted by Crippen LogP contribution is -2.30. The molecule has 0 unspecified atom stereocenters. The Labute approximate surface area is 170 Å². The van der Waals surface area contributed by atoms with E-state index < -0.39 is 10.0 Å². The number of ether oxygens (including phenoxy) is 2. The lowest BCUT2D eigenvalue weighted by Gasteiger charge is -2.25. The van der Waals surface area contributed by atoms with E-state index in [0.717, 1.165) is 5.56 Å². The van der Waals surface area contributed by atoms with Gasteiger partial charge in [-0.25, -0.2) is 8.42 Å². The molecule has 0 saturated carbocycles. The van der Waals surface area contributed by atoms with E-state index in [9.17, 15) is 8.42 Å². The van der Waals surface area contributed by atoms with Crippen LogP contribution in [0.1, 0.15) is 5.56 Å². The van der Waals surface area contributed by atoms with Crippen molar-refractivity contribution >= 4 is 27.3 Å². The predicted octanol–water partition coefficient (Wildman–Crippen LogP) is 4.75. The summed E-state index contributed by atoms with van der Waals surface area (Å²) in [7, 11) is -0.714. The Kier molecular flexibility index (Phi) is 6.11. The lowest BCUT2D eigenvalue weighted by molar-refractivity contribution is 0.410. The molecule has 0 atom stereocenters. The highest BCUT2D eigenvalue weighted by Gasteiger charge is 2.26. The smallest absolute Gasteiger partial charge is 0.264 e. The van der Waals surface area contributed by atoms with Crippen molar-refractivity contribution in [3.8, 4) is 11.5 Å². The average Bonchev–Trinajstić information content (AvgIpc) is 2.72. The maximum absolute atomic E-state index is 13.4. The molecule has 3 aromatic rings. The first-order valence-electron chi connectivity index (χ1n) is 8.50. The molecule has 146 valence electrons. The van der Waals surface area contributed by atoms with E-state index in [1.165, 1.54) is 16.4 Å². The minimum absolute atomic E-state index is 0.112. The van der Waals surface area contributed by atoms with Crippen molar-refractivity contribution in [2.45, 2.75) is 11.4 Å². The van der Waals surface area contributed by atoms with E-state index in [-0.39, 0.29) is 11.4 Å². The summed E-state index contributed by atoms with van der Waals surface area (Å²) in [5.41, 5.74) is 1.26. The molecule has 0 amide bonds. The number of halogens is 1. The van der Waals surface area contributed by atoms with Crippen LogP contribution in [0.2, 0.25) is 5.02 Å². The number of hydrogen-bond donors (Lipinski definition) is 0. The fourth-order valence-electron chi connectivity index (χ4n) is 2.79. The van der Waals surface area contributed by atoms with Crippen LogP contribution in [0.3, 0.4) is 0 Å². The molecule has 0 radical (unpaired) electrons. The van der Waals surface area contributed by atoms with Gasteiger partial charge in [0.1, 0.15) is 11.5 Å². The van der Waals surface area contributed by atoms with Gasteiger partial charge >= 0.3 is 0 Å². The van der Waals surface area contributed by atoms with Gasteiger partial charge in [0.2, 0.25) is 0 Å². The van der Waals surface area contributed by atoms with Gasteiger partial charge in [0.25, 0.3) is 10.0 Å². The molecule has 0 bridgehead atoms. The predicted molar refractivity (Wildman–Crippen MR) is 111 cm³/mol. The molecular weight excluding hydrogens is 398 g/mol. The van der Waals surface area contributed by atoms with Crippen molar-refractivity contribution in [1.82, 2.24) is 0 Å². The zero-order valence-corrected chi connectivity index (χ0v) is 17.1. The van der Waals surface area contributed by atoms with Crippen molar-refractivity contribution in [2.24, 2.45) is 0 Å². The second kappa shape index (κ2) is 8.54. The van der Waals surface area contributed by atoms with E-state index >= 15 is 0 Å². The lowest BCUT2D eigenvalue weighted by atomic mass is 10.2. The molecule has 5 nitrogen and oxygen atoms in total. The van der Waals surface area contributed by atoms with E-state index in [1.54, 1.807) is 56.7 Å². The number of sulfonamides is 1. The summed E-state index contributed by atoms with van der Waals surface area (Å²) in [6.45, 7) is 0.112. The van der Waals surface area contributed by atoms with Crippen molar-refractivity contribution in [2.75, 3.05) is 18.5 Å². The van der Waals surface area contributed by atoms with Gasteiger partial charge in [0, 0.05) is 10.6 Å². The molecule has 0 aromatic heterocycles. The van der Waals surface area contributed by atoms with Gasteiger partial charge in [-0.2, -0.15) is 0 Å². The van der Waals surface area contributed by atoms with Gasteiger partial charge < -0.3 is 9.47 Å². The van der Waals surface area contributed by atoms with E-state index in [4.69, 9.17) is 21.1 Å². The molecule has 7 heteroatoms. The Balaban J connectivity index is 2.08. The number of para-hydroxylation sites is 1. The SMILES string of the molecule is COc1ccc(N(Cc2ccccc2OC)S(=O)(=O)c2ccc(Cl)cc2)cc1. The normalized spacial score (nSPS) is 11.1. The molecular formula is C21H20ClNO4S. The van der Waals surface area contributed by atoms with E-state index in [2.05, 4.69) is 0 Å². The van der Waals surface area contributed by atoms with Crippen LogP contribution in [-0.4, -0.2) is 22.6 Å². The Morgan fingerprint density at radius 2 is 1.50 bits per heavy atom. The van der Waals surface area contributed by atoms with Crippen LogP contribution in [0, 0.1) is 0 Å². The summed E-state index contributed by atoms with van der Waals surface area (Å²) in [6, 6.07) is 20.3. The molecule has 0 fully saturated rings. The van der Waals surface area contributed by atoms with Crippen molar-refractivity contribution in [1.29, 1.82) is 0 Å². The summed E-state index contributed by atoms with van der Waals surface area (Å²) in [5.74, 6) is 1.26. The standard InChI is InChI=1S/C21H20ClNO4S/c1-26-19-11-9-18(10-12-19)23(15-16-5-3-4-6-21(16)27-2)28(24,25)20-13-7-17(22)8-14-20/h3-14H,15H2,1-2H3. The number of nitrogens with zero attached hydrogens (tertiary/aromatic N) is 1. The maximum Gasteiger partial charge on any atom is 0.264 e. The average molecular weight is 418 g/mol. The third kappa shape index (κ3) is 4.24. The third-order valence-electron chi connectivity index (χ3n) is 4.27. The molecule has 0 heterocycles. The van der Waals surface area contributed by atoms with Gasteiger partial charge in [-0.1, -0.05) is 29.8 Å². The van der Waals surface area contributed by atoms with Gasteiger partial charge in [-0.3, -0.25) is 4.31 Å². The van der Waals surface area contributed by atoms with Crippen LogP contribution < -0.4 is 13.8 Å². The Morgan fingerprint density at radius 3 is 2.11 bits per heavy atom. The molecule has 3 rings (SSSR count). The first-order chi connectivity index (χ1) is 13.5. The summed E-state index contributed by atoms with van der Waals surface area (Å²) in [4.78, 5) is 0.155. The first kappa shape index (κ1) is 20.0. The van der Waals surface area contributed by atoms with Crippen molar-refractivity contribution in [3.63, 3.8) is 0 Å². The fourth-order valence-corrected chi connectivity index (χ4v) is 4.35. The first-order valence-corrected chi connectivity index (χ1v) is 10.3. The van der Waals surface area contributed by atoms with Crippen LogP contribution in [-0.2, 0) is 16.6 Å². The number of methoxy groups -OCH3 is 2. The summed E-state index contributed by atoms with van der Waals surface area (Å²) in [5, 5.41) is 0.472. The summed E-state index contributed by atoms with van der Waals surface area (Å²) >= 11 is 5.92. The Hall–Kier alpha value is -2.70. The van der Waals surface area contributed by atoms with E-state index in [0.29, 0.717) is 22.2 Å². The molecule has 0 aliphatic carbocycles. The van der Waals surface area contributed by atoms with Gasteiger partial charge in [-0.05, 0) is 54.6 Å². The Morgan fingerprint density at radius 1 is 0.857 bits per heavy atom. The minimum atomic E-state index is -3.84. The maximum atomic E-state index is 13.4. The quantitative estimate of drug-likeness (QED) is 0.556. The number of anilines is 1. The number of rotatable bonds is 7. The fraction of sp³-hybridized carbons (Fsp3) is 0.143. The zero-order chi connectivity index (χ0) is 20.1. The van der Waals surface area contributed by atoms with Gasteiger partial charge in [0.15, 0.2) is 0 Å². The van der Waals surface area contributed by atoms with Gasteiger partial charge in [0.05, 0.1) is 31.3 Å². The monoisotopic (exact) mass is 417 g/mol. The molecule has 0 aliphatic heterocycles. The summed E-state index contributed by atoms with van der Waals surface area (Å²) in [6.07, 6.45) is 0. The highest BCUT2D eigenvalue weighted by atomic mass is 35.5. The number of hydrogen-bond acceptors (Lipinski definition) is 4. The second-order valence-corrected chi connectivity index (χ2v) is 8.27. The van der Waals surface area contributed by atoms with Gasteiger partial charge in [-0.15, -0.1) is 0 Å². The van der Waals surface area contributed by atoms with Crippen LogP contribution in [0.5, 0.6) is 11.5 Å². The van der Waals surface area contributed by atoms with Crippen molar-refractivity contribution < 1.29 is 17.9 Å². The van der Waals surface area contributed by atoms with Crippen molar-refractivity contribution in [3.05, 3.63) is 83.4 Å². The molecule has 0 spiro atoms. The number of benzene rings is 3. The van der Waals surface area contributed by atoms with E-state index in [1.807, 2.05) is 18.2 Å². The van der Waals surface area contributed by atoms with Crippen LogP contribution >= 0.6 is 11.6 Å². The van der Waals surface area contributed by atoms with Crippen LogP contribution in [0.15, 0.2) is 77.7 Å². The summed E-state index contributed by atoms with van der Waals surface area (Å²) < 4.78 is 38.7.